The van der Waals surface area contributed by atoms with E-state index in [0.717, 1.165) is 66.8 Å². The van der Waals surface area contributed by atoms with Crippen molar-refractivity contribution in [2.45, 2.75) is 25.3 Å². The number of rotatable bonds is 7. The van der Waals surface area contributed by atoms with E-state index >= 15 is 0 Å². The molecule has 27 heavy (non-hydrogen) atoms. The number of nitrogens with one attached hydrogen (secondary N) is 1. The molecule has 0 saturated carbocycles. The lowest BCUT2D eigenvalue weighted by atomic mass is 10.1. The van der Waals surface area contributed by atoms with Crippen LogP contribution in [0.3, 0.4) is 0 Å². The normalized spacial score (nSPS) is 17.0. The van der Waals surface area contributed by atoms with Crippen molar-refractivity contribution in [2.24, 2.45) is 16.5 Å². The number of para-hydroxylation sites is 1. The second-order valence-electron chi connectivity index (χ2n) is 7.08. The Balaban J connectivity index is 1.84. The van der Waals surface area contributed by atoms with Gasteiger partial charge in [0, 0.05) is 35.6 Å². The summed E-state index contributed by atoms with van der Waals surface area (Å²) >= 11 is 0. The fourth-order valence-electron chi connectivity index (χ4n) is 3.32. The van der Waals surface area contributed by atoms with Crippen molar-refractivity contribution in [3.8, 4) is 0 Å². The van der Waals surface area contributed by atoms with E-state index in [4.69, 9.17) is 21.4 Å². The number of benzene rings is 1. The molecular weight excluding hydrogens is 336 g/mol. The molecule has 2 heterocycles. The van der Waals surface area contributed by atoms with E-state index in [1.165, 1.54) is 0 Å². The van der Waals surface area contributed by atoms with Crippen molar-refractivity contribution in [3.63, 3.8) is 0 Å². The molecule has 1 fully saturated rings. The Kier molecular flexibility index (Phi) is 6.79. The minimum atomic E-state index is 0.360. The van der Waals surface area contributed by atoms with Crippen LogP contribution < -0.4 is 16.8 Å². The van der Waals surface area contributed by atoms with Crippen LogP contribution in [0.1, 0.15) is 25.0 Å². The zero-order chi connectivity index (χ0) is 19.1. The van der Waals surface area contributed by atoms with E-state index in [1.54, 1.807) is 6.20 Å². The molecule has 0 unspecified atom stereocenters. The molecular formula is C21H30N6. The summed E-state index contributed by atoms with van der Waals surface area (Å²) in [6.07, 6.45) is 6.57. The Bertz CT molecular complexity index is 805. The quantitative estimate of drug-likeness (QED) is 0.517. The maximum atomic E-state index is 5.92. The zero-order valence-electron chi connectivity index (χ0n) is 16.1. The minimum Gasteiger partial charge on any atom is -0.404 e. The fraction of sp³-hybridized carbons (Fsp3) is 0.429. The summed E-state index contributed by atoms with van der Waals surface area (Å²) < 4.78 is 0. The van der Waals surface area contributed by atoms with Gasteiger partial charge in [-0.3, -0.25) is 4.99 Å². The third kappa shape index (κ3) is 5.05. The van der Waals surface area contributed by atoms with Gasteiger partial charge in [-0.2, -0.15) is 0 Å². The fourth-order valence-corrected chi connectivity index (χ4v) is 3.32. The summed E-state index contributed by atoms with van der Waals surface area (Å²) in [5, 5.41) is 4.58. The topological polar surface area (TPSA) is 92.6 Å². The molecule has 2 aromatic rings. The van der Waals surface area contributed by atoms with Crippen LogP contribution in [0.4, 0.5) is 5.69 Å². The molecule has 0 bridgehead atoms. The lowest BCUT2D eigenvalue weighted by Gasteiger charge is -2.26. The number of nitrogens with zero attached hydrogens (tertiary/aromatic N) is 3. The summed E-state index contributed by atoms with van der Waals surface area (Å²) in [5.74, 6) is 0. The number of anilines is 1. The van der Waals surface area contributed by atoms with Gasteiger partial charge in [-0.15, -0.1) is 0 Å². The smallest absolute Gasteiger partial charge is 0.0760 e. The average molecular weight is 367 g/mol. The molecule has 0 aliphatic carbocycles. The van der Waals surface area contributed by atoms with Gasteiger partial charge in [0.1, 0.15) is 0 Å². The first-order chi connectivity index (χ1) is 13.2. The number of fused-ring (bicyclic) bond motifs is 1. The average Bonchev–Trinajstić information content (AvgIpc) is 2.70. The van der Waals surface area contributed by atoms with Crippen molar-refractivity contribution in [2.75, 3.05) is 38.5 Å². The van der Waals surface area contributed by atoms with E-state index in [9.17, 15) is 0 Å². The summed E-state index contributed by atoms with van der Waals surface area (Å²) in [5.41, 5.74) is 15.2. The van der Waals surface area contributed by atoms with Crippen molar-refractivity contribution >= 4 is 28.4 Å². The molecule has 1 aromatic carbocycles. The molecule has 1 saturated heterocycles. The number of allylic oxidation sites excluding steroid dienone is 1. The molecule has 0 atom stereocenters. The molecule has 0 spiro atoms. The number of aliphatic imine (C=N–C) groups is 1. The van der Waals surface area contributed by atoms with E-state index in [2.05, 4.69) is 29.4 Å². The molecule has 1 aliphatic rings. The highest BCUT2D eigenvalue weighted by atomic mass is 15.1. The van der Waals surface area contributed by atoms with Gasteiger partial charge in [0.15, 0.2) is 0 Å². The zero-order valence-corrected chi connectivity index (χ0v) is 16.1. The molecule has 3 rings (SSSR count). The highest BCUT2D eigenvalue weighted by Crippen LogP contribution is 2.26. The van der Waals surface area contributed by atoms with Crippen LogP contribution >= 0.6 is 0 Å². The maximum Gasteiger partial charge on any atom is 0.0760 e. The highest BCUT2D eigenvalue weighted by molar-refractivity contribution is 6.10. The molecule has 0 radical (unpaired) electrons. The standard InChI is InChI=1S/C21H30N6/c1-27-11-7-17(8-12-27)25-15-16(14-23)20-13-21(24-10-4-9-22)18-5-2-3-6-19(18)26-20/h2-3,5-6,13-15,17H,4,7-12,22-23H2,1H3,(H,24,26)/b16-14+,25-15?. The number of nitrogens with two attached hydrogens (primary N) is 2. The summed E-state index contributed by atoms with van der Waals surface area (Å²) in [7, 11) is 2.16. The second-order valence-corrected chi connectivity index (χ2v) is 7.08. The van der Waals surface area contributed by atoms with Crippen LogP contribution in [0.5, 0.6) is 0 Å². The van der Waals surface area contributed by atoms with Gasteiger partial charge < -0.3 is 21.7 Å². The number of piperidine rings is 1. The maximum absolute atomic E-state index is 5.92. The minimum absolute atomic E-state index is 0.360. The van der Waals surface area contributed by atoms with E-state index in [1.807, 2.05) is 24.4 Å². The largest absolute Gasteiger partial charge is 0.404 e. The van der Waals surface area contributed by atoms with Crippen molar-refractivity contribution in [1.82, 2.24) is 9.88 Å². The van der Waals surface area contributed by atoms with Crippen molar-refractivity contribution in [1.29, 1.82) is 0 Å². The van der Waals surface area contributed by atoms with Crippen molar-refractivity contribution in [3.05, 3.63) is 42.2 Å². The SMILES string of the molecule is CN1CCC(N=C/C(=C\N)c2cc(NCCCN)c3ccccc3n2)CC1. The second kappa shape index (κ2) is 9.48. The van der Waals surface area contributed by atoms with E-state index < -0.39 is 0 Å². The highest BCUT2D eigenvalue weighted by Gasteiger charge is 2.15. The Morgan fingerprint density at radius 3 is 2.85 bits per heavy atom. The molecule has 1 aliphatic heterocycles. The van der Waals surface area contributed by atoms with Gasteiger partial charge in [0.25, 0.3) is 0 Å². The van der Waals surface area contributed by atoms with E-state index in [-0.39, 0.29) is 0 Å². The third-order valence-electron chi connectivity index (χ3n) is 5.00. The Morgan fingerprint density at radius 1 is 1.33 bits per heavy atom. The van der Waals surface area contributed by atoms with Gasteiger partial charge in [-0.25, -0.2) is 4.98 Å². The first-order valence-electron chi connectivity index (χ1n) is 9.69. The number of likely N-dealkylation sites (tertiary alicyclic amines) is 1. The molecule has 6 nitrogen and oxygen atoms in total. The van der Waals surface area contributed by atoms with Gasteiger partial charge in [-0.05, 0) is 58.1 Å². The first-order valence-corrected chi connectivity index (χ1v) is 9.69. The molecule has 144 valence electrons. The Labute approximate surface area is 161 Å². The number of hydrogen-bond donors (Lipinski definition) is 3. The predicted octanol–water partition coefficient (Wildman–Crippen LogP) is 2.46. The molecule has 0 amide bonds. The predicted molar refractivity (Wildman–Crippen MR) is 115 cm³/mol. The van der Waals surface area contributed by atoms with Crippen molar-refractivity contribution < 1.29 is 0 Å². The lowest BCUT2D eigenvalue weighted by Crippen LogP contribution is -2.32. The van der Waals surface area contributed by atoms with Gasteiger partial charge in [-0.1, -0.05) is 18.2 Å². The van der Waals surface area contributed by atoms with Crippen LogP contribution in [0.15, 0.2) is 41.5 Å². The number of hydrogen-bond acceptors (Lipinski definition) is 6. The molecule has 5 N–H and O–H groups in total. The summed E-state index contributed by atoms with van der Waals surface area (Å²) in [6.45, 7) is 3.68. The van der Waals surface area contributed by atoms with Crippen LogP contribution in [0, 0.1) is 0 Å². The van der Waals surface area contributed by atoms with Gasteiger partial charge in [0.05, 0.1) is 17.3 Å². The van der Waals surface area contributed by atoms with Crippen LogP contribution in [0.2, 0.25) is 0 Å². The monoisotopic (exact) mass is 366 g/mol. The van der Waals surface area contributed by atoms with E-state index in [0.29, 0.717) is 12.6 Å². The first kappa shape index (κ1) is 19.3. The van der Waals surface area contributed by atoms with Crippen LogP contribution in [-0.2, 0) is 0 Å². The van der Waals surface area contributed by atoms with Gasteiger partial charge in [0.2, 0.25) is 0 Å². The summed E-state index contributed by atoms with van der Waals surface area (Å²) in [6, 6.07) is 10.5. The molecule has 1 aromatic heterocycles. The number of aromatic nitrogens is 1. The Morgan fingerprint density at radius 2 is 2.11 bits per heavy atom. The Hall–Kier alpha value is -2.44. The summed E-state index contributed by atoms with van der Waals surface area (Å²) in [4.78, 5) is 11.9. The molecule has 6 heteroatoms. The number of pyridine rings is 1. The lowest BCUT2D eigenvalue weighted by molar-refractivity contribution is 0.257. The third-order valence-corrected chi connectivity index (χ3v) is 5.00. The van der Waals surface area contributed by atoms with Crippen LogP contribution in [-0.4, -0.2) is 55.4 Å². The van der Waals surface area contributed by atoms with Crippen LogP contribution in [0.25, 0.3) is 16.5 Å². The van der Waals surface area contributed by atoms with Gasteiger partial charge >= 0.3 is 0 Å².